The Morgan fingerprint density at radius 3 is 2.28 bits per heavy atom. The van der Waals surface area contributed by atoms with Gasteiger partial charge in [0.15, 0.2) is 0 Å². The molecule has 0 aromatic rings. The second-order valence-corrected chi connectivity index (χ2v) is 6.23. The Bertz CT molecular complexity index is 390. The average molecular weight is 279 g/mol. The van der Waals surface area contributed by atoms with E-state index in [1.807, 2.05) is 0 Å². The summed E-state index contributed by atoms with van der Waals surface area (Å²) in [5.41, 5.74) is 0. The van der Waals surface area contributed by atoms with Crippen LogP contribution in [0.15, 0.2) is 0 Å². The molecule has 18 heavy (non-hydrogen) atoms. The van der Waals surface area contributed by atoms with E-state index >= 15 is 0 Å². The van der Waals surface area contributed by atoms with E-state index in [0.717, 1.165) is 0 Å². The van der Waals surface area contributed by atoms with Gasteiger partial charge in [-0.25, -0.2) is 4.21 Å². The second kappa shape index (κ2) is 7.38. The first-order chi connectivity index (χ1) is 8.25. The first-order valence-electron chi connectivity index (χ1n) is 5.51. The molecule has 6 nitrogen and oxygen atoms in total. The van der Waals surface area contributed by atoms with Gasteiger partial charge >= 0.3 is 5.97 Å². The molecule has 0 spiro atoms. The number of carbonyl (C=O) groups excluding carboxylic acids is 2. The van der Waals surface area contributed by atoms with Gasteiger partial charge in [-0.05, 0) is 5.87 Å². The van der Waals surface area contributed by atoms with Crippen molar-refractivity contribution in [1.82, 2.24) is 5.32 Å². The van der Waals surface area contributed by atoms with E-state index in [1.54, 1.807) is 13.8 Å². The number of rotatable bonds is 7. The van der Waals surface area contributed by atoms with E-state index in [4.69, 9.17) is 0 Å². The number of carbonyl (C=O) groups is 2. The van der Waals surface area contributed by atoms with Crippen LogP contribution in [0.2, 0.25) is 0 Å². The number of nitrogens with one attached hydrogen (secondary N) is 1. The predicted octanol–water partition coefficient (Wildman–Crippen LogP) is -0.174. The minimum atomic E-state index is -2.59. The first kappa shape index (κ1) is 16.9. The molecule has 0 bridgehead atoms. The van der Waals surface area contributed by atoms with Crippen LogP contribution in [-0.4, -0.2) is 48.5 Å². The third-order valence-electron chi connectivity index (χ3n) is 2.75. The summed E-state index contributed by atoms with van der Waals surface area (Å²) in [7, 11) is -0.00606. The summed E-state index contributed by atoms with van der Waals surface area (Å²) in [4.78, 5) is 23.0. The zero-order chi connectivity index (χ0) is 14.3. The highest BCUT2D eigenvalue weighted by Crippen LogP contribution is 2.12. The maximum atomic E-state index is 11.7. The van der Waals surface area contributed by atoms with Gasteiger partial charge in [0, 0.05) is 12.5 Å². The van der Waals surface area contributed by atoms with Crippen molar-refractivity contribution in [1.29, 1.82) is 0 Å². The van der Waals surface area contributed by atoms with Gasteiger partial charge in [-0.2, -0.15) is 0 Å². The topological polar surface area (TPSA) is 81.7 Å². The maximum absolute atomic E-state index is 11.7. The summed E-state index contributed by atoms with van der Waals surface area (Å²) in [5.74, 6) is 1.75. The predicted molar refractivity (Wildman–Crippen MR) is 70.5 cm³/mol. The number of ether oxygens (including phenoxy) is 1. The highest BCUT2D eigenvalue weighted by atomic mass is 32.2. The molecule has 106 valence electrons. The van der Waals surface area contributed by atoms with Gasteiger partial charge in [-0.1, -0.05) is 13.8 Å². The van der Waals surface area contributed by atoms with Gasteiger partial charge in [-0.3, -0.25) is 9.59 Å². The van der Waals surface area contributed by atoms with Crippen molar-refractivity contribution < 1.29 is 22.7 Å². The largest absolute Gasteiger partial charge is 0.469 e. The van der Waals surface area contributed by atoms with E-state index in [9.17, 15) is 13.8 Å². The highest BCUT2D eigenvalue weighted by Gasteiger charge is 2.26. The summed E-state index contributed by atoms with van der Waals surface area (Å²) >= 11 is 0. The van der Waals surface area contributed by atoms with E-state index in [1.165, 1.54) is 14.2 Å². The molecule has 0 saturated heterocycles. The summed E-state index contributed by atoms with van der Waals surface area (Å²) < 4.78 is 20.7. The molecule has 0 heterocycles. The molecule has 0 rings (SSSR count). The molecule has 0 aliphatic carbocycles. The number of methoxy groups -OCH3 is 1. The van der Waals surface area contributed by atoms with E-state index in [2.05, 4.69) is 20.1 Å². The van der Waals surface area contributed by atoms with Gasteiger partial charge in [0.25, 0.3) is 0 Å². The molecule has 3 atom stereocenters. The zero-order valence-electron chi connectivity index (χ0n) is 11.2. The van der Waals surface area contributed by atoms with Crippen molar-refractivity contribution >= 4 is 27.5 Å². The molecular formula is C11H21NO5S. The Labute approximate surface area is 108 Å². The van der Waals surface area contributed by atoms with Crippen LogP contribution in [0.4, 0.5) is 0 Å². The number of hydrogen-bond donors (Lipinski definition) is 1. The van der Waals surface area contributed by atoms with Crippen LogP contribution in [0.3, 0.4) is 0 Å². The molecule has 0 fully saturated rings. The highest BCUT2D eigenvalue weighted by molar-refractivity contribution is 7.95. The van der Waals surface area contributed by atoms with Gasteiger partial charge in [0.1, 0.15) is 0 Å². The molecule has 0 aromatic carbocycles. The normalized spacial score (nSPS) is 17.3. The fourth-order valence-electron chi connectivity index (χ4n) is 1.19. The van der Waals surface area contributed by atoms with Crippen LogP contribution in [0.25, 0.3) is 0 Å². The molecule has 0 aliphatic rings. The fraction of sp³-hybridized carbons (Fsp3) is 0.727. The second-order valence-electron chi connectivity index (χ2n) is 4.01. The van der Waals surface area contributed by atoms with E-state index in [0.29, 0.717) is 0 Å². The van der Waals surface area contributed by atoms with Crippen LogP contribution >= 0.6 is 0 Å². The van der Waals surface area contributed by atoms with Crippen molar-refractivity contribution in [3.8, 4) is 0 Å². The quantitative estimate of drug-likeness (QED) is 0.517. The van der Waals surface area contributed by atoms with Gasteiger partial charge in [-0.15, -0.1) is 0 Å². The van der Waals surface area contributed by atoms with Crippen LogP contribution in [0.1, 0.15) is 13.8 Å². The summed E-state index contributed by atoms with van der Waals surface area (Å²) in [6.07, 6.45) is 0. The minimum Gasteiger partial charge on any atom is -0.469 e. The molecule has 7 heteroatoms. The van der Waals surface area contributed by atoms with Crippen molar-refractivity contribution in [2.75, 3.05) is 26.5 Å². The van der Waals surface area contributed by atoms with Crippen LogP contribution < -0.4 is 5.32 Å². The SMILES string of the molecule is C=S(=O)(CCNC(=O)C(C)C(C)C(=O)OC)OC. The summed E-state index contributed by atoms with van der Waals surface area (Å²) in [6.45, 7) is 3.44. The average Bonchev–Trinajstić information content (AvgIpc) is 2.35. The monoisotopic (exact) mass is 279 g/mol. The first-order valence-corrected chi connectivity index (χ1v) is 7.33. The molecule has 1 N–H and O–H groups in total. The smallest absolute Gasteiger partial charge is 0.309 e. The minimum absolute atomic E-state index is 0.133. The lowest BCUT2D eigenvalue weighted by Crippen LogP contribution is -2.37. The third-order valence-corrected chi connectivity index (χ3v) is 4.19. The Kier molecular flexibility index (Phi) is 6.93. The van der Waals surface area contributed by atoms with Gasteiger partial charge in [0.05, 0.1) is 35.7 Å². The zero-order valence-corrected chi connectivity index (χ0v) is 12.0. The van der Waals surface area contributed by atoms with Crippen molar-refractivity contribution in [3.05, 3.63) is 0 Å². The lowest BCUT2D eigenvalue weighted by Gasteiger charge is -2.17. The van der Waals surface area contributed by atoms with Crippen molar-refractivity contribution in [3.63, 3.8) is 0 Å². The van der Waals surface area contributed by atoms with Crippen molar-refractivity contribution in [2.45, 2.75) is 13.8 Å². The third kappa shape index (κ3) is 5.50. The Balaban J connectivity index is 4.22. The van der Waals surface area contributed by atoms with Crippen LogP contribution in [0.5, 0.6) is 0 Å². The van der Waals surface area contributed by atoms with Crippen LogP contribution in [-0.2, 0) is 28.3 Å². The molecule has 0 saturated carbocycles. The summed E-state index contributed by atoms with van der Waals surface area (Å²) in [6, 6.07) is 0. The van der Waals surface area contributed by atoms with Gasteiger partial charge < -0.3 is 14.2 Å². The Hall–Kier alpha value is -1.08. The molecule has 0 radical (unpaired) electrons. The Morgan fingerprint density at radius 1 is 1.28 bits per heavy atom. The van der Waals surface area contributed by atoms with Gasteiger partial charge in [0.2, 0.25) is 5.91 Å². The number of amides is 1. The molecule has 0 aliphatic heterocycles. The molecule has 0 aromatic heterocycles. The lowest BCUT2D eigenvalue weighted by molar-refractivity contribution is -0.149. The fourth-order valence-corrected chi connectivity index (χ4v) is 1.77. The van der Waals surface area contributed by atoms with E-state index in [-0.39, 0.29) is 18.2 Å². The molecule has 1 amide bonds. The molecular weight excluding hydrogens is 258 g/mol. The number of hydrogen-bond acceptors (Lipinski definition) is 5. The summed E-state index contributed by atoms with van der Waals surface area (Å²) in [5, 5.41) is 2.59. The number of esters is 1. The maximum Gasteiger partial charge on any atom is 0.309 e. The van der Waals surface area contributed by atoms with Crippen LogP contribution in [0, 0.1) is 11.8 Å². The molecule has 3 unspecified atom stereocenters. The Morgan fingerprint density at radius 2 is 1.83 bits per heavy atom. The standard InChI is InChI=1S/C11H21NO5S/c1-8(9(2)11(14)16-3)10(13)12-6-7-18(5,15)17-4/h8-9H,5-7H2,1-4H3,(H,12,13). The lowest BCUT2D eigenvalue weighted by atomic mass is 9.95. The van der Waals surface area contributed by atoms with E-state index < -0.39 is 27.6 Å². The van der Waals surface area contributed by atoms with Crippen molar-refractivity contribution in [2.24, 2.45) is 11.8 Å².